The van der Waals surface area contributed by atoms with E-state index in [2.05, 4.69) is 97.2 Å². The van der Waals surface area contributed by atoms with Crippen molar-refractivity contribution < 1.29 is 19.3 Å². The van der Waals surface area contributed by atoms with E-state index in [1.54, 1.807) is 12.1 Å². The molecule has 0 unspecified atom stereocenters. The van der Waals surface area contributed by atoms with E-state index in [0.29, 0.717) is 46.1 Å². The summed E-state index contributed by atoms with van der Waals surface area (Å²) >= 11 is 0. The molecule has 0 saturated carbocycles. The van der Waals surface area contributed by atoms with Crippen molar-refractivity contribution >= 4 is 22.4 Å². The Morgan fingerprint density at radius 2 is 0.870 bits per heavy atom. The number of aromatic nitrogens is 2. The fourth-order valence-electron chi connectivity index (χ4n) is 5.99. The first-order valence-electron chi connectivity index (χ1n) is 15.7. The summed E-state index contributed by atoms with van der Waals surface area (Å²) in [5.41, 5.74) is 5.63. The number of hydrogen-bond acceptors (Lipinski definition) is 8. The van der Waals surface area contributed by atoms with E-state index in [-0.39, 0.29) is 11.5 Å². The molecule has 8 nitrogen and oxygen atoms in total. The Balaban J connectivity index is 1.55. The normalized spacial score (nSPS) is 13.0. The summed E-state index contributed by atoms with van der Waals surface area (Å²) in [7, 11) is 0. The van der Waals surface area contributed by atoms with Gasteiger partial charge in [-0.2, -0.15) is 0 Å². The highest BCUT2D eigenvalue weighted by molar-refractivity contribution is 5.94. The Morgan fingerprint density at radius 3 is 1.17 bits per heavy atom. The summed E-state index contributed by atoms with van der Waals surface area (Å²) in [4.78, 5) is 0. The summed E-state index contributed by atoms with van der Waals surface area (Å²) in [6.45, 7) is 12.3. The maximum atomic E-state index is 11.5. The van der Waals surface area contributed by atoms with Crippen LogP contribution in [0.25, 0.3) is 10.8 Å². The second kappa shape index (κ2) is 12.6. The van der Waals surface area contributed by atoms with Crippen LogP contribution in [0.2, 0.25) is 0 Å². The van der Waals surface area contributed by atoms with Crippen LogP contribution < -0.4 is 10.6 Å². The van der Waals surface area contributed by atoms with Crippen molar-refractivity contribution in [1.29, 1.82) is 0 Å². The number of phenolic OH excluding ortho intramolecular Hbond substituents is 2. The highest BCUT2D eigenvalue weighted by atomic mass is 16.5. The molecule has 4 aromatic carbocycles. The first-order valence-corrected chi connectivity index (χ1v) is 15.7. The lowest BCUT2D eigenvalue weighted by molar-refractivity contribution is 0.399. The second-order valence-electron chi connectivity index (χ2n) is 12.5. The van der Waals surface area contributed by atoms with Gasteiger partial charge in [0.05, 0.1) is 12.1 Å². The van der Waals surface area contributed by atoms with Gasteiger partial charge in [0.25, 0.3) is 0 Å². The molecule has 0 radical (unpaired) electrons. The lowest BCUT2D eigenvalue weighted by atomic mass is 9.86. The number of benzene rings is 4. The van der Waals surface area contributed by atoms with E-state index >= 15 is 0 Å². The van der Waals surface area contributed by atoms with Gasteiger partial charge in [0.1, 0.15) is 23.0 Å². The third-order valence-corrected chi connectivity index (χ3v) is 8.53. The monoisotopic (exact) mass is 616 g/mol. The SMILES string of the molecule is Cc1cc(N[C@@H](c2ccc(C(C)C)cc2)c2c(O)ccc3c([C@@H](Nc4cc(C)on4)c4ccc(C(C)C)cc4)c(O)ccc23)no1. The Labute approximate surface area is 269 Å². The molecule has 0 spiro atoms. The Hall–Kier alpha value is -5.24. The van der Waals surface area contributed by atoms with Gasteiger partial charge in [-0.05, 0) is 70.8 Å². The molecule has 2 aromatic heterocycles. The van der Waals surface area contributed by atoms with Crippen molar-refractivity contribution in [2.45, 2.75) is 65.5 Å². The molecule has 4 N–H and O–H groups in total. The first kappa shape index (κ1) is 30.8. The van der Waals surface area contributed by atoms with Gasteiger partial charge in [0.15, 0.2) is 11.6 Å². The van der Waals surface area contributed by atoms with Crippen molar-refractivity contribution in [3.63, 3.8) is 0 Å². The predicted octanol–water partition coefficient (Wildman–Crippen LogP) is 9.49. The minimum absolute atomic E-state index is 0.118. The fraction of sp³-hybridized carbons (Fsp3) is 0.263. The van der Waals surface area contributed by atoms with E-state index in [4.69, 9.17) is 9.05 Å². The molecule has 0 aliphatic carbocycles. The molecule has 236 valence electrons. The minimum Gasteiger partial charge on any atom is -0.508 e. The number of rotatable bonds is 10. The predicted molar refractivity (Wildman–Crippen MR) is 182 cm³/mol. The van der Waals surface area contributed by atoms with Crippen LogP contribution in [0.4, 0.5) is 11.6 Å². The molecule has 0 aliphatic heterocycles. The molecular weight excluding hydrogens is 576 g/mol. The van der Waals surface area contributed by atoms with E-state index in [0.717, 1.165) is 21.9 Å². The number of phenols is 2. The lowest BCUT2D eigenvalue weighted by Gasteiger charge is -2.26. The van der Waals surface area contributed by atoms with Crippen molar-refractivity contribution in [2.24, 2.45) is 0 Å². The molecule has 0 fully saturated rings. The number of anilines is 2. The molecule has 46 heavy (non-hydrogen) atoms. The number of aromatic hydroxyl groups is 2. The number of nitrogens with one attached hydrogen (secondary N) is 2. The second-order valence-corrected chi connectivity index (χ2v) is 12.5. The summed E-state index contributed by atoms with van der Waals surface area (Å²) < 4.78 is 10.7. The van der Waals surface area contributed by atoms with Gasteiger partial charge in [-0.15, -0.1) is 0 Å². The molecule has 0 amide bonds. The Bertz CT molecular complexity index is 1810. The maximum Gasteiger partial charge on any atom is 0.170 e. The third-order valence-electron chi connectivity index (χ3n) is 8.53. The van der Waals surface area contributed by atoms with E-state index in [1.165, 1.54) is 11.1 Å². The van der Waals surface area contributed by atoms with Crippen LogP contribution in [0, 0.1) is 13.8 Å². The van der Waals surface area contributed by atoms with Crippen molar-refractivity contribution in [1.82, 2.24) is 10.3 Å². The van der Waals surface area contributed by atoms with Gasteiger partial charge in [-0.3, -0.25) is 0 Å². The zero-order chi connectivity index (χ0) is 32.5. The summed E-state index contributed by atoms with van der Waals surface area (Å²) in [6.07, 6.45) is 0. The molecule has 0 aliphatic rings. The maximum absolute atomic E-state index is 11.5. The molecule has 6 aromatic rings. The van der Waals surface area contributed by atoms with Crippen LogP contribution in [0.1, 0.15) is 96.5 Å². The van der Waals surface area contributed by atoms with Crippen LogP contribution in [0.3, 0.4) is 0 Å². The van der Waals surface area contributed by atoms with E-state index < -0.39 is 12.1 Å². The van der Waals surface area contributed by atoms with Crippen molar-refractivity contribution in [2.75, 3.05) is 10.6 Å². The number of fused-ring (bicyclic) bond motifs is 1. The van der Waals surface area contributed by atoms with Crippen molar-refractivity contribution in [3.05, 3.63) is 130 Å². The minimum atomic E-state index is -0.485. The number of aryl methyl sites for hydroxylation is 2. The molecular formula is C38H40N4O4. The average molecular weight is 617 g/mol. The van der Waals surface area contributed by atoms with Crippen LogP contribution in [-0.2, 0) is 0 Å². The quantitative estimate of drug-likeness (QED) is 0.120. The summed E-state index contributed by atoms with van der Waals surface area (Å²) in [5, 5.41) is 40.0. The van der Waals surface area contributed by atoms with Crippen molar-refractivity contribution in [3.8, 4) is 11.5 Å². The zero-order valence-electron chi connectivity index (χ0n) is 27.0. The van der Waals surface area contributed by atoms with Gasteiger partial charge in [0, 0.05) is 23.3 Å². The van der Waals surface area contributed by atoms with Gasteiger partial charge in [0.2, 0.25) is 0 Å². The van der Waals surface area contributed by atoms with Gasteiger partial charge in [-0.1, -0.05) is 98.7 Å². The smallest absolute Gasteiger partial charge is 0.170 e. The summed E-state index contributed by atoms with van der Waals surface area (Å²) in [6, 6.07) is 26.5. The molecule has 2 atom stereocenters. The fourth-order valence-corrected chi connectivity index (χ4v) is 5.99. The molecule has 0 bridgehead atoms. The van der Waals surface area contributed by atoms with E-state index in [9.17, 15) is 10.2 Å². The Kier molecular flexibility index (Phi) is 8.45. The summed E-state index contributed by atoms with van der Waals surface area (Å²) in [5.74, 6) is 3.44. The van der Waals surface area contributed by atoms with Gasteiger partial charge in [-0.25, -0.2) is 0 Å². The van der Waals surface area contributed by atoms with Crippen LogP contribution in [0.15, 0.2) is 94.0 Å². The van der Waals surface area contributed by atoms with Crippen LogP contribution in [-0.4, -0.2) is 20.5 Å². The topological polar surface area (TPSA) is 117 Å². The number of nitrogens with zero attached hydrogens (tertiary/aromatic N) is 2. The van der Waals surface area contributed by atoms with E-state index in [1.807, 2.05) is 38.1 Å². The largest absolute Gasteiger partial charge is 0.508 e. The lowest BCUT2D eigenvalue weighted by Crippen LogP contribution is -2.16. The first-order chi connectivity index (χ1) is 22.1. The Morgan fingerprint density at radius 1 is 0.522 bits per heavy atom. The molecule has 6 rings (SSSR count). The molecule has 8 heteroatoms. The highest BCUT2D eigenvalue weighted by Gasteiger charge is 2.27. The van der Waals surface area contributed by atoms with Gasteiger partial charge >= 0.3 is 0 Å². The van der Waals surface area contributed by atoms with Crippen LogP contribution >= 0.6 is 0 Å². The highest BCUT2D eigenvalue weighted by Crippen LogP contribution is 2.44. The number of hydrogen-bond donors (Lipinski definition) is 4. The molecule has 2 heterocycles. The van der Waals surface area contributed by atoms with Gasteiger partial charge < -0.3 is 29.9 Å². The standard InChI is InChI=1S/C38H40N4O4/c1-21(2)25-7-11-27(12-8-25)37(39-33-19-23(5)45-41-33)35-29-15-18-32(44)36(30(29)16-17-31(35)43)38(40-34-20-24(6)46-42-34)28-13-9-26(10-14-28)22(3)4/h7-22,37-38,43-44H,1-6H3,(H,39,41)(H,40,42)/t37-,38-/m0/s1. The third kappa shape index (κ3) is 6.15. The van der Waals surface area contributed by atoms with Crippen LogP contribution in [0.5, 0.6) is 11.5 Å². The average Bonchev–Trinajstić information content (AvgIpc) is 3.66. The zero-order valence-corrected chi connectivity index (χ0v) is 27.0. The molecule has 0 saturated heterocycles.